The molecule has 1 unspecified atom stereocenters. The first-order valence-electron chi connectivity index (χ1n) is 5.41. The highest BCUT2D eigenvalue weighted by Crippen LogP contribution is 2.31. The van der Waals surface area contributed by atoms with Crippen molar-refractivity contribution in [1.82, 2.24) is 5.43 Å². The number of halogens is 1. The fourth-order valence-electron chi connectivity index (χ4n) is 1.82. The number of hydrazine groups is 1. The third kappa shape index (κ3) is 1.99. The van der Waals surface area contributed by atoms with E-state index in [-0.39, 0.29) is 11.4 Å². The Hall–Kier alpha value is -0.870. The van der Waals surface area contributed by atoms with Crippen LogP contribution in [0.5, 0.6) is 0 Å². The monoisotopic (exact) mass is 282 g/mol. The normalized spacial score (nSPS) is 25.2. The van der Waals surface area contributed by atoms with Gasteiger partial charge in [0, 0.05) is 16.4 Å². The van der Waals surface area contributed by atoms with E-state index in [9.17, 15) is 4.79 Å². The molecule has 1 N–H and O–H groups in total. The summed E-state index contributed by atoms with van der Waals surface area (Å²) in [5, 5.41) is 1.65. The van der Waals surface area contributed by atoms with Crippen molar-refractivity contribution in [2.24, 2.45) is 0 Å². The number of anilines is 1. The van der Waals surface area contributed by atoms with Gasteiger partial charge in [0.15, 0.2) is 0 Å². The van der Waals surface area contributed by atoms with Gasteiger partial charge < -0.3 is 0 Å². The smallest absolute Gasteiger partial charge is 0.243 e. The molecule has 16 heavy (non-hydrogen) atoms. The first-order valence-corrected chi connectivity index (χ1v) is 6.20. The maximum atomic E-state index is 11.9. The average molecular weight is 283 g/mol. The number of nitrogens with zero attached hydrogens (tertiary/aromatic N) is 1. The van der Waals surface area contributed by atoms with E-state index in [1.54, 1.807) is 5.01 Å². The van der Waals surface area contributed by atoms with Gasteiger partial charge in [-0.1, -0.05) is 19.1 Å². The second kappa shape index (κ2) is 4.18. The maximum absolute atomic E-state index is 11.9. The maximum Gasteiger partial charge on any atom is 0.243 e. The molecule has 1 heterocycles. The minimum atomic E-state index is -0.119. The van der Waals surface area contributed by atoms with E-state index < -0.39 is 0 Å². The molecule has 2 rings (SSSR count). The van der Waals surface area contributed by atoms with Crippen LogP contribution in [-0.2, 0) is 4.79 Å². The highest BCUT2D eigenvalue weighted by molar-refractivity contribution is 9.10. The lowest BCUT2D eigenvalue weighted by molar-refractivity contribution is -0.117. The zero-order valence-corrected chi connectivity index (χ0v) is 11.0. The van der Waals surface area contributed by atoms with Gasteiger partial charge in [-0.05, 0) is 41.4 Å². The average Bonchev–Trinajstić information content (AvgIpc) is 2.56. The molecule has 1 saturated heterocycles. The van der Waals surface area contributed by atoms with Crippen LogP contribution >= 0.6 is 15.9 Å². The Morgan fingerprint density at radius 1 is 1.50 bits per heavy atom. The van der Waals surface area contributed by atoms with E-state index in [1.807, 2.05) is 24.3 Å². The topological polar surface area (TPSA) is 32.3 Å². The van der Waals surface area contributed by atoms with Gasteiger partial charge in [-0.25, -0.2) is 10.4 Å². The molecule has 86 valence electrons. The molecule has 1 aromatic rings. The van der Waals surface area contributed by atoms with Crippen LogP contribution in [0.3, 0.4) is 0 Å². The summed E-state index contributed by atoms with van der Waals surface area (Å²) in [4.78, 5) is 11.9. The molecular weight excluding hydrogens is 268 g/mol. The van der Waals surface area contributed by atoms with Crippen LogP contribution in [0, 0.1) is 0 Å². The first-order chi connectivity index (χ1) is 7.56. The number of hydrogen-bond acceptors (Lipinski definition) is 2. The Morgan fingerprint density at radius 3 is 2.75 bits per heavy atom. The molecule has 0 radical (unpaired) electrons. The summed E-state index contributed by atoms with van der Waals surface area (Å²) in [6.07, 6.45) is 1.48. The second-order valence-electron chi connectivity index (χ2n) is 4.38. The summed E-state index contributed by atoms with van der Waals surface area (Å²) >= 11 is 3.46. The van der Waals surface area contributed by atoms with E-state index >= 15 is 0 Å². The van der Waals surface area contributed by atoms with E-state index in [1.165, 1.54) is 0 Å². The van der Waals surface area contributed by atoms with Crippen LogP contribution in [0.4, 0.5) is 5.69 Å². The first kappa shape index (κ1) is 11.6. The third-order valence-corrected chi connectivity index (χ3v) is 3.72. The number of benzene rings is 1. The predicted octanol–water partition coefficient (Wildman–Crippen LogP) is 2.86. The van der Waals surface area contributed by atoms with Gasteiger partial charge in [-0.2, -0.15) is 0 Å². The SMILES string of the molecule is CCC1(C)CC(=O)N(c2ccccc2Br)N1. The molecule has 0 bridgehead atoms. The number of carbonyl (C=O) groups excluding carboxylic acids is 1. The molecule has 0 spiro atoms. The molecule has 1 atom stereocenters. The quantitative estimate of drug-likeness (QED) is 0.905. The zero-order chi connectivity index (χ0) is 11.8. The number of rotatable bonds is 2. The van der Waals surface area contributed by atoms with Gasteiger partial charge in [0.1, 0.15) is 0 Å². The largest absolute Gasteiger partial charge is 0.273 e. The Kier molecular flexibility index (Phi) is 3.04. The summed E-state index contributed by atoms with van der Waals surface area (Å²) in [6.45, 7) is 4.16. The van der Waals surface area contributed by atoms with E-state index in [0.29, 0.717) is 6.42 Å². The molecule has 1 aliphatic heterocycles. The molecule has 3 nitrogen and oxygen atoms in total. The molecule has 0 aromatic heterocycles. The van der Waals surface area contributed by atoms with E-state index in [2.05, 4.69) is 35.2 Å². The molecule has 1 amide bonds. The Labute approximate surface area is 104 Å². The van der Waals surface area contributed by atoms with Crippen LogP contribution in [0.2, 0.25) is 0 Å². The van der Waals surface area contributed by atoms with Crippen molar-refractivity contribution in [2.75, 3.05) is 5.01 Å². The number of para-hydroxylation sites is 1. The lowest BCUT2D eigenvalue weighted by Crippen LogP contribution is -2.44. The molecule has 1 aliphatic rings. The van der Waals surface area contributed by atoms with Crippen molar-refractivity contribution >= 4 is 27.5 Å². The van der Waals surface area contributed by atoms with Gasteiger partial charge in [0.05, 0.1) is 5.69 Å². The molecule has 1 aromatic carbocycles. The van der Waals surface area contributed by atoms with Crippen molar-refractivity contribution in [3.8, 4) is 0 Å². The van der Waals surface area contributed by atoms with Crippen molar-refractivity contribution in [2.45, 2.75) is 32.2 Å². The highest BCUT2D eigenvalue weighted by Gasteiger charge is 2.38. The van der Waals surface area contributed by atoms with Gasteiger partial charge >= 0.3 is 0 Å². The number of amides is 1. The van der Waals surface area contributed by atoms with Crippen molar-refractivity contribution in [3.05, 3.63) is 28.7 Å². The standard InChI is InChI=1S/C12H15BrN2O/c1-3-12(2)8-11(16)15(14-12)10-7-5-4-6-9(10)13/h4-7,14H,3,8H2,1-2H3. The summed E-state index contributed by atoms with van der Waals surface area (Å²) < 4.78 is 0.927. The summed E-state index contributed by atoms with van der Waals surface area (Å²) in [5.74, 6) is 0.122. The Balaban J connectivity index is 2.31. The van der Waals surface area contributed by atoms with Crippen LogP contribution in [0.25, 0.3) is 0 Å². The third-order valence-electron chi connectivity index (χ3n) is 3.05. The molecule has 0 saturated carbocycles. The van der Waals surface area contributed by atoms with Gasteiger partial charge in [0.25, 0.3) is 0 Å². The van der Waals surface area contributed by atoms with Gasteiger partial charge in [-0.3, -0.25) is 4.79 Å². The lowest BCUT2D eigenvalue weighted by atomic mass is 9.97. The van der Waals surface area contributed by atoms with E-state index in [4.69, 9.17) is 0 Å². The van der Waals surface area contributed by atoms with Crippen LogP contribution < -0.4 is 10.4 Å². The summed E-state index contributed by atoms with van der Waals surface area (Å²) in [5.41, 5.74) is 4.04. The lowest BCUT2D eigenvalue weighted by Gasteiger charge is -2.24. The van der Waals surface area contributed by atoms with Crippen LogP contribution in [0.1, 0.15) is 26.7 Å². The minimum absolute atomic E-state index is 0.119. The van der Waals surface area contributed by atoms with Crippen molar-refractivity contribution < 1.29 is 4.79 Å². The van der Waals surface area contributed by atoms with E-state index in [0.717, 1.165) is 16.6 Å². The van der Waals surface area contributed by atoms with Gasteiger partial charge in [0.2, 0.25) is 5.91 Å². The predicted molar refractivity (Wildman–Crippen MR) is 68.1 cm³/mol. The highest BCUT2D eigenvalue weighted by atomic mass is 79.9. The van der Waals surface area contributed by atoms with Crippen LogP contribution in [0.15, 0.2) is 28.7 Å². The fourth-order valence-corrected chi connectivity index (χ4v) is 2.28. The Morgan fingerprint density at radius 2 is 2.19 bits per heavy atom. The Bertz CT molecular complexity index is 421. The van der Waals surface area contributed by atoms with Gasteiger partial charge in [-0.15, -0.1) is 0 Å². The van der Waals surface area contributed by atoms with Crippen molar-refractivity contribution in [3.63, 3.8) is 0 Å². The summed E-state index contributed by atoms with van der Waals surface area (Å²) in [6, 6.07) is 7.73. The second-order valence-corrected chi connectivity index (χ2v) is 5.24. The van der Waals surface area contributed by atoms with Crippen molar-refractivity contribution in [1.29, 1.82) is 0 Å². The van der Waals surface area contributed by atoms with Crippen LogP contribution in [-0.4, -0.2) is 11.4 Å². The fraction of sp³-hybridized carbons (Fsp3) is 0.417. The minimum Gasteiger partial charge on any atom is -0.273 e. The number of hydrogen-bond donors (Lipinski definition) is 1. The number of carbonyl (C=O) groups is 1. The molecule has 4 heteroatoms. The molecule has 0 aliphatic carbocycles. The zero-order valence-electron chi connectivity index (χ0n) is 9.46. The number of nitrogens with one attached hydrogen (secondary N) is 1. The molecular formula is C12H15BrN2O. The molecule has 1 fully saturated rings. The summed E-state index contributed by atoms with van der Waals surface area (Å²) in [7, 11) is 0.